The highest BCUT2D eigenvalue weighted by Gasteiger charge is 1.99. The van der Waals surface area contributed by atoms with Crippen molar-refractivity contribution in [2.45, 2.75) is 20.0 Å². The summed E-state index contributed by atoms with van der Waals surface area (Å²) in [6, 6.07) is 1.94. The molecule has 0 radical (unpaired) electrons. The topological polar surface area (TPSA) is 51.0 Å². The molecule has 0 aliphatic rings. The predicted octanol–water partition coefficient (Wildman–Crippen LogP) is 1.73. The highest BCUT2D eigenvalue weighted by Crippen LogP contribution is 2.07. The number of hydrogen-bond acceptors (Lipinski definition) is 5. The van der Waals surface area contributed by atoms with Gasteiger partial charge in [0.1, 0.15) is 10.0 Å². The molecule has 2 rings (SSSR count). The summed E-state index contributed by atoms with van der Waals surface area (Å²) in [5.74, 6) is 0. The molecule has 2 heterocycles. The van der Waals surface area contributed by atoms with Gasteiger partial charge in [0.05, 0.1) is 12.5 Å². The van der Waals surface area contributed by atoms with Gasteiger partial charge >= 0.3 is 0 Å². The molecule has 14 heavy (non-hydrogen) atoms. The molecule has 0 amide bonds. The lowest BCUT2D eigenvalue weighted by molar-refractivity contribution is 0.560. The van der Waals surface area contributed by atoms with Gasteiger partial charge in [-0.15, -0.1) is 21.5 Å². The molecule has 0 unspecified atom stereocenters. The molecular weight excluding hydrogens is 198 g/mol. The van der Waals surface area contributed by atoms with Crippen LogP contribution in [0.5, 0.6) is 0 Å². The van der Waals surface area contributed by atoms with Gasteiger partial charge < -0.3 is 9.73 Å². The molecule has 5 heteroatoms. The van der Waals surface area contributed by atoms with Crippen molar-refractivity contribution in [3.05, 3.63) is 34.2 Å². The summed E-state index contributed by atoms with van der Waals surface area (Å²) in [7, 11) is 0. The Hall–Kier alpha value is -1.20. The molecule has 0 fully saturated rings. The fourth-order valence-electron chi connectivity index (χ4n) is 1.12. The smallest absolute Gasteiger partial charge is 0.131 e. The van der Waals surface area contributed by atoms with Crippen LogP contribution in [0.4, 0.5) is 0 Å². The van der Waals surface area contributed by atoms with Crippen molar-refractivity contribution in [2.24, 2.45) is 0 Å². The fourth-order valence-corrected chi connectivity index (χ4v) is 1.79. The molecule has 2 aromatic heterocycles. The van der Waals surface area contributed by atoms with Gasteiger partial charge in [0.25, 0.3) is 0 Å². The van der Waals surface area contributed by atoms with Gasteiger partial charge in [-0.25, -0.2) is 0 Å². The van der Waals surface area contributed by atoms with Crippen LogP contribution in [-0.2, 0) is 13.1 Å². The molecule has 0 saturated heterocycles. The standard InChI is InChI=1S/C9H11N3OS/c1-7-11-12-9(14-7)5-10-4-8-2-3-13-6-8/h2-3,6,10H,4-5H2,1H3. The molecule has 0 aliphatic heterocycles. The number of nitrogens with one attached hydrogen (secondary N) is 1. The van der Waals surface area contributed by atoms with Crippen molar-refractivity contribution in [2.75, 3.05) is 0 Å². The first-order valence-electron chi connectivity index (χ1n) is 4.35. The molecule has 0 spiro atoms. The zero-order chi connectivity index (χ0) is 9.80. The number of hydrogen-bond donors (Lipinski definition) is 1. The van der Waals surface area contributed by atoms with Crippen molar-refractivity contribution in [3.63, 3.8) is 0 Å². The van der Waals surface area contributed by atoms with E-state index >= 15 is 0 Å². The van der Waals surface area contributed by atoms with Crippen LogP contribution < -0.4 is 5.32 Å². The van der Waals surface area contributed by atoms with Gasteiger partial charge in [-0.2, -0.15) is 0 Å². The largest absolute Gasteiger partial charge is 0.472 e. The van der Waals surface area contributed by atoms with Crippen molar-refractivity contribution >= 4 is 11.3 Å². The predicted molar refractivity (Wildman–Crippen MR) is 53.9 cm³/mol. The molecule has 0 aromatic carbocycles. The van der Waals surface area contributed by atoms with E-state index in [1.165, 1.54) is 0 Å². The third kappa shape index (κ3) is 2.40. The summed E-state index contributed by atoms with van der Waals surface area (Å²) in [6.07, 6.45) is 3.41. The number of aryl methyl sites for hydroxylation is 1. The average Bonchev–Trinajstić information content (AvgIpc) is 2.77. The van der Waals surface area contributed by atoms with Gasteiger partial charge in [0.2, 0.25) is 0 Å². The van der Waals surface area contributed by atoms with E-state index in [4.69, 9.17) is 4.42 Å². The Balaban J connectivity index is 1.78. The molecule has 1 N–H and O–H groups in total. The van der Waals surface area contributed by atoms with E-state index in [9.17, 15) is 0 Å². The molecule has 0 saturated carbocycles. The minimum absolute atomic E-state index is 0.761. The lowest BCUT2D eigenvalue weighted by Crippen LogP contribution is -2.11. The zero-order valence-corrected chi connectivity index (χ0v) is 8.67. The third-order valence-corrected chi connectivity index (χ3v) is 2.59. The summed E-state index contributed by atoms with van der Waals surface area (Å²) in [5, 5.41) is 13.2. The van der Waals surface area contributed by atoms with E-state index in [0.29, 0.717) is 0 Å². The minimum Gasteiger partial charge on any atom is -0.472 e. The molecule has 0 aliphatic carbocycles. The lowest BCUT2D eigenvalue weighted by atomic mass is 10.3. The first-order chi connectivity index (χ1) is 6.84. The summed E-state index contributed by atoms with van der Waals surface area (Å²) in [6.45, 7) is 3.52. The van der Waals surface area contributed by atoms with E-state index in [-0.39, 0.29) is 0 Å². The SMILES string of the molecule is Cc1nnc(CNCc2ccoc2)s1. The third-order valence-electron chi connectivity index (χ3n) is 1.75. The van der Waals surface area contributed by atoms with Crippen LogP contribution in [0.1, 0.15) is 15.6 Å². The van der Waals surface area contributed by atoms with Crippen LogP contribution >= 0.6 is 11.3 Å². The van der Waals surface area contributed by atoms with Gasteiger partial charge in [-0.3, -0.25) is 0 Å². The van der Waals surface area contributed by atoms with Crippen molar-refractivity contribution in [3.8, 4) is 0 Å². The fraction of sp³-hybridized carbons (Fsp3) is 0.333. The summed E-state index contributed by atoms with van der Waals surface area (Å²) >= 11 is 1.62. The Morgan fingerprint density at radius 1 is 1.43 bits per heavy atom. The number of furan rings is 1. The minimum atomic E-state index is 0.761. The van der Waals surface area contributed by atoms with Crippen molar-refractivity contribution in [1.82, 2.24) is 15.5 Å². The van der Waals surface area contributed by atoms with E-state index in [1.807, 2.05) is 13.0 Å². The maximum Gasteiger partial charge on any atom is 0.131 e. The molecule has 2 aromatic rings. The van der Waals surface area contributed by atoms with Crippen LogP contribution in [0.2, 0.25) is 0 Å². The Kier molecular flexibility index (Phi) is 2.90. The second-order valence-electron chi connectivity index (χ2n) is 2.95. The van der Waals surface area contributed by atoms with Gasteiger partial charge in [-0.1, -0.05) is 0 Å². The normalized spacial score (nSPS) is 10.6. The Morgan fingerprint density at radius 2 is 2.36 bits per heavy atom. The molecule has 4 nitrogen and oxygen atoms in total. The molecule has 74 valence electrons. The Morgan fingerprint density at radius 3 is 3.00 bits per heavy atom. The monoisotopic (exact) mass is 209 g/mol. The van der Waals surface area contributed by atoms with Crippen LogP contribution in [0.25, 0.3) is 0 Å². The van der Waals surface area contributed by atoms with Crippen LogP contribution in [0.15, 0.2) is 23.0 Å². The average molecular weight is 209 g/mol. The van der Waals surface area contributed by atoms with E-state index < -0.39 is 0 Å². The zero-order valence-electron chi connectivity index (χ0n) is 7.86. The quantitative estimate of drug-likeness (QED) is 0.833. The van der Waals surface area contributed by atoms with Gasteiger partial charge in [-0.05, 0) is 13.0 Å². The van der Waals surface area contributed by atoms with Gasteiger partial charge in [0, 0.05) is 18.7 Å². The summed E-state index contributed by atoms with van der Waals surface area (Å²) in [4.78, 5) is 0. The van der Waals surface area contributed by atoms with Crippen LogP contribution in [0, 0.1) is 6.92 Å². The van der Waals surface area contributed by atoms with E-state index in [1.54, 1.807) is 23.9 Å². The Bertz CT molecular complexity index is 382. The molecule has 0 atom stereocenters. The lowest BCUT2D eigenvalue weighted by Gasteiger charge is -1.97. The molecular formula is C9H11N3OS. The van der Waals surface area contributed by atoms with Crippen molar-refractivity contribution in [1.29, 1.82) is 0 Å². The summed E-state index contributed by atoms with van der Waals surface area (Å²) in [5.41, 5.74) is 1.14. The molecule has 0 bridgehead atoms. The number of nitrogens with zero attached hydrogens (tertiary/aromatic N) is 2. The van der Waals surface area contributed by atoms with Crippen LogP contribution in [0.3, 0.4) is 0 Å². The first-order valence-corrected chi connectivity index (χ1v) is 5.17. The Labute approximate surface area is 86.0 Å². The van der Waals surface area contributed by atoms with Gasteiger partial charge in [0.15, 0.2) is 0 Å². The van der Waals surface area contributed by atoms with E-state index in [2.05, 4.69) is 15.5 Å². The first kappa shape index (κ1) is 9.36. The highest BCUT2D eigenvalue weighted by molar-refractivity contribution is 7.11. The van der Waals surface area contributed by atoms with Crippen molar-refractivity contribution < 1.29 is 4.42 Å². The second-order valence-corrected chi connectivity index (χ2v) is 4.22. The van der Waals surface area contributed by atoms with E-state index in [0.717, 1.165) is 28.7 Å². The van der Waals surface area contributed by atoms with Crippen LogP contribution in [-0.4, -0.2) is 10.2 Å². The maximum atomic E-state index is 4.96. The highest BCUT2D eigenvalue weighted by atomic mass is 32.1. The number of aromatic nitrogens is 2. The second kappa shape index (κ2) is 4.34. The maximum absolute atomic E-state index is 4.96. The number of rotatable bonds is 4. The summed E-state index contributed by atoms with van der Waals surface area (Å²) < 4.78 is 4.96.